The van der Waals surface area contributed by atoms with E-state index in [0.29, 0.717) is 12.6 Å². The smallest absolute Gasteiger partial charge is 0.0637 e. The predicted octanol–water partition coefficient (Wildman–Crippen LogP) is 2.87. The van der Waals surface area contributed by atoms with Gasteiger partial charge in [-0.1, -0.05) is 13.0 Å². The van der Waals surface area contributed by atoms with E-state index in [2.05, 4.69) is 30.0 Å². The minimum absolute atomic E-state index is 0.606. The first-order valence-corrected chi connectivity index (χ1v) is 8.00. The SMILES string of the molecule is CCSc1cccc(N(CCOC)C2CC2)c1CN. The summed E-state index contributed by atoms with van der Waals surface area (Å²) in [4.78, 5) is 3.80. The van der Waals surface area contributed by atoms with Crippen LogP contribution in [0.15, 0.2) is 23.1 Å². The number of hydrogen-bond donors (Lipinski definition) is 1. The van der Waals surface area contributed by atoms with Crippen LogP contribution < -0.4 is 10.6 Å². The average Bonchev–Trinajstić information content (AvgIpc) is 3.24. The molecule has 0 amide bonds. The molecule has 2 rings (SSSR count). The van der Waals surface area contributed by atoms with Crippen LogP contribution in [0, 0.1) is 0 Å². The highest BCUT2D eigenvalue weighted by atomic mass is 32.2. The van der Waals surface area contributed by atoms with Gasteiger partial charge in [0.2, 0.25) is 0 Å². The quantitative estimate of drug-likeness (QED) is 0.743. The molecule has 2 N–H and O–H groups in total. The van der Waals surface area contributed by atoms with Gasteiger partial charge in [-0.3, -0.25) is 0 Å². The normalized spacial score (nSPS) is 14.7. The number of anilines is 1. The van der Waals surface area contributed by atoms with Crippen molar-refractivity contribution >= 4 is 17.4 Å². The molecule has 1 aliphatic rings. The van der Waals surface area contributed by atoms with Crippen LogP contribution in [0.1, 0.15) is 25.3 Å². The van der Waals surface area contributed by atoms with Crippen LogP contribution in [0.3, 0.4) is 0 Å². The largest absolute Gasteiger partial charge is 0.383 e. The van der Waals surface area contributed by atoms with Crippen molar-refractivity contribution in [3.63, 3.8) is 0 Å². The molecule has 0 radical (unpaired) electrons. The number of nitrogens with two attached hydrogens (primary N) is 1. The molecule has 1 aromatic rings. The fourth-order valence-electron chi connectivity index (χ4n) is 2.39. The molecule has 1 aliphatic carbocycles. The lowest BCUT2D eigenvalue weighted by Crippen LogP contribution is -2.30. The summed E-state index contributed by atoms with van der Waals surface area (Å²) >= 11 is 1.88. The molecule has 0 saturated heterocycles. The number of ether oxygens (including phenoxy) is 1. The maximum Gasteiger partial charge on any atom is 0.0637 e. The molecule has 0 atom stereocenters. The minimum atomic E-state index is 0.606. The fraction of sp³-hybridized carbons (Fsp3) is 0.600. The third-order valence-corrected chi connectivity index (χ3v) is 4.43. The lowest BCUT2D eigenvalue weighted by atomic mass is 10.1. The molecule has 0 unspecified atom stereocenters. The first-order chi connectivity index (χ1) is 9.31. The Hall–Kier alpha value is -0.710. The molecule has 1 saturated carbocycles. The standard InChI is InChI=1S/C15H24N2OS/c1-3-19-15-6-4-5-14(13(15)11-16)17(9-10-18-2)12-7-8-12/h4-6,12H,3,7-11,16H2,1-2H3. The van der Waals surface area contributed by atoms with E-state index < -0.39 is 0 Å². The van der Waals surface area contributed by atoms with E-state index in [0.717, 1.165) is 18.9 Å². The van der Waals surface area contributed by atoms with Crippen LogP contribution in [0.5, 0.6) is 0 Å². The second-order valence-corrected chi connectivity index (χ2v) is 6.11. The zero-order valence-electron chi connectivity index (χ0n) is 11.9. The van der Waals surface area contributed by atoms with E-state index in [9.17, 15) is 0 Å². The van der Waals surface area contributed by atoms with Crippen LogP contribution >= 0.6 is 11.8 Å². The van der Waals surface area contributed by atoms with Gasteiger partial charge in [0.05, 0.1) is 6.61 Å². The van der Waals surface area contributed by atoms with Crippen molar-refractivity contribution in [2.24, 2.45) is 5.73 Å². The van der Waals surface area contributed by atoms with E-state index in [1.807, 2.05) is 11.8 Å². The van der Waals surface area contributed by atoms with Crippen LogP contribution in [-0.2, 0) is 11.3 Å². The summed E-state index contributed by atoms with van der Waals surface area (Å²) in [7, 11) is 1.76. The van der Waals surface area contributed by atoms with Crippen molar-refractivity contribution in [1.29, 1.82) is 0 Å². The molecule has 0 bridgehead atoms. The monoisotopic (exact) mass is 280 g/mol. The Balaban J connectivity index is 2.26. The van der Waals surface area contributed by atoms with Gasteiger partial charge in [0.1, 0.15) is 0 Å². The van der Waals surface area contributed by atoms with Gasteiger partial charge in [-0.05, 0) is 30.7 Å². The fourth-order valence-corrected chi connectivity index (χ4v) is 3.24. The van der Waals surface area contributed by atoms with E-state index >= 15 is 0 Å². The summed E-state index contributed by atoms with van der Waals surface area (Å²) in [5.41, 5.74) is 8.59. The summed E-state index contributed by atoms with van der Waals surface area (Å²) in [6.45, 7) is 4.51. The Morgan fingerprint density at radius 1 is 1.42 bits per heavy atom. The molecule has 4 heteroatoms. The van der Waals surface area contributed by atoms with Gasteiger partial charge in [0.25, 0.3) is 0 Å². The highest BCUT2D eigenvalue weighted by Gasteiger charge is 2.30. The molecule has 0 heterocycles. The third-order valence-electron chi connectivity index (χ3n) is 3.45. The topological polar surface area (TPSA) is 38.5 Å². The molecular formula is C15H24N2OS. The molecule has 19 heavy (non-hydrogen) atoms. The van der Waals surface area contributed by atoms with Gasteiger partial charge in [-0.15, -0.1) is 11.8 Å². The summed E-state index contributed by atoms with van der Waals surface area (Å²) in [5.74, 6) is 1.08. The Kier molecular flexibility index (Phi) is 5.55. The number of benzene rings is 1. The lowest BCUT2D eigenvalue weighted by Gasteiger charge is -2.27. The number of methoxy groups -OCH3 is 1. The Morgan fingerprint density at radius 2 is 2.21 bits per heavy atom. The van der Waals surface area contributed by atoms with Crippen molar-refractivity contribution in [3.05, 3.63) is 23.8 Å². The zero-order chi connectivity index (χ0) is 13.7. The van der Waals surface area contributed by atoms with Gasteiger partial charge < -0.3 is 15.4 Å². The second-order valence-electron chi connectivity index (χ2n) is 4.81. The zero-order valence-corrected chi connectivity index (χ0v) is 12.7. The van der Waals surface area contributed by atoms with E-state index in [1.54, 1.807) is 7.11 Å². The Labute approximate surface area is 120 Å². The van der Waals surface area contributed by atoms with Crippen molar-refractivity contribution in [1.82, 2.24) is 0 Å². The molecule has 0 spiro atoms. The van der Waals surface area contributed by atoms with Crippen LogP contribution in [-0.4, -0.2) is 32.1 Å². The Bertz CT molecular complexity index is 407. The van der Waals surface area contributed by atoms with Crippen LogP contribution in [0.25, 0.3) is 0 Å². The molecule has 1 aromatic carbocycles. The molecule has 0 aromatic heterocycles. The molecule has 1 fully saturated rings. The van der Waals surface area contributed by atoms with E-state index in [4.69, 9.17) is 10.5 Å². The summed E-state index contributed by atoms with van der Waals surface area (Å²) < 4.78 is 5.24. The van der Waals surface area contributed by atoms with Crippen molar-refractivity contribution in [3.8, 4) is 0 Å². The number of nitrogens with zero attached hydrogens (tertiary/aromatic N) is 1. The maximum atomic E-state index is 6.00. The van der Waals surface area contributed by atoms with Crippen LogP contribution in [0.2, 0.25) is 0 Å². The van der Waals surface area contributed by atoms with Crippen LogP contribution in [0.4, 0.5) is 5.69 Å². The molecular weight excluding hydrogens is 256 g/mol. The number of thioether (sulfide) groups is 1. The maximum absolute atomic E-state index is 6.00. The predicted molar refractivity (Wildman–Crippen MR) is 83.0 cm³/mol. The minimum Gasteiger partial charge on any atom is -0.383 e. The summed E-state index contributed by atoms with van der Waals surface area (Å²) in [6, 6.07) is 7.22. The van der Waals surface area contributed by atoms with Crippen molar-refractivity contribution < 1.29 is 4.74 Å². The lowest BCUT2D eigenvalue weighted by molar-refractivity contribution is 0.205. The Morgan fingerprint density at radius 3 is 2.79 bits per heavy atom. The van der Waals surface area contributed by atoms with Crippen molar-refractivity contribution in [2.45, 2.75) is 37.2 Å². The first kappa shape index (κ1) is 14.7. The summed E-state index contributed by atoms with van der Waals surface area (Å²) in [6.07, 6.45) is 2.58. The first-order valence-electron chi connectivity index (χ1n) is 7.02. The van der Waals surface area contributed by atoms with Gasteiger partial charge >= 0.3 is 0 Å². The number of hydrogen-bond acceptors (Lipinski definition) is 4. The number of rotatable bonds is 8. The van der Waals surface area contributed by atoms with Gasteiger partial charge in [-0.25, -0.2) is 0 Å². The highest BCUT2D eigenvalue weighted by Crippen LogP contribution is 2.36. The second kappa shape index (κ2) is 7.17. The third kappa shape index (κ3) is 3.65. The molecule has 3 nitrogen and oxygen atoms in total. The summed E-state index contributed by atoms with van der Waals surface area (Å²) in [5, 5.41) is 0. The van der Waals surface area contributed by atoms with E-state index in [-0.39, 0.29) is 0 Å². The molecule has 0 aliphatic heterocycles. The average molecular weight is 280 g/mol. The highest BCUT2D eigenvalue weighted by molar-refractivity contribution is 7.99. The van der Waals surface area contributed by atoms with Gasteiger partial charge in [0.15, 0.2) is 0 Å². The van der Waals surface area contributed by atoms with Crippen molar-refractivity contribution in [2.75, 3.05) is 30.9 Å². The van der Waals surface area contributed by atoms with E-state index in [1.165, 1.54) is 29.0 Å². The van der Waals surface area contributed by atoms with Gasteiger partial charge in [-0.2, -0.15) is 0 Å². The molecule has 106 valence electrons. The van der Waals surface area contributed by atoms with Gasteiger partial charge in [0, 0.05) is 42.4 Å².